The highest BCUT2D eigenvalue weighted by molar-refractivity contribution is 7.98. The first-order valence-corrected chi connectivity index (χ1v) is 9.21. The van der Waals surface area contributed by atoms with E-state index in [9.17, 15) is 9.59 Å². The molecule has 2 heterocycles. The monoisotopic (exact) mass is 313 g/mol. The van der Waals surface area contributed by atoms with Gasteiger partial charge in [-0.25, -0.2) is 0 Å². The summed E-state index contributed by atoms with van der Waals surface area (Å²) in [7, 11) is 0. The third-order valence-electron chi connectivity index (χ3n) is 4.29. The second kappa shape index (κ2) is 7.01. The molecule has 6 heteroatoms. The van der Waals surface area contributed by atoms with Crippen LogP contribution in [0.5, 0.6) is 0 Å². The first-order chi connectivity index (χ1) is 9.96. The smallest absolute Gasteiger partial charge is 0.238 e. The van der Waals surface area contributed by atoms with Crippen LogP contribution >= 0.6 is 11.8 Å². The molecular weight excluding hydrogens is 286 g/mol. The molecule has 2 saturated heterocycles. The van der Waals surface area contributed by atoms with Gasteiger partial charge in [-0.3, -0.25) is 14.9 Å². The number of hydrogen-bond donors (Lipinski definition) is 2. The Kier molecular flexibility index (Phi) is 5.54. The van der Waals surface area contributed by atoms with Crippen molar-refractivity contribution < 1.29 is 9.59 Å². The van der Waals surface area contributed by atoms with Gasteiger partial charge < -0.3 is 10.2 Å². The molecule has 2 aliphatic heterocycles. The minimum Gasteiger partial charge on any atom is -0.342 e. The van der Waals surface area contributed by atoms with Gasteiger partial charge in [0.25, 0.3) is 0 Å². The Morgan fingerprint density at radius 1 is 1.43 bits per heavy atom. The molecule has 0 radical (unpaired) electrons. The number of nitrogens with zero attached hydrogens (tertiary/aromatic N) is 1. The predicted molar refractivity (Wildman–Crippen MR) is 86.1 cm³/mol. The van der Waals surface area contributed by atoms with Gasteiger partial charge in [-0.05, 0) is 24.3 Å². The summed E-state index contributed by atoms with van der Waals surface area (Å²) in [6.45, 7) is 5.60. The molecule has 2 rings (SSSR count). The molecule has 1 spiro atoms. The third kappa shape index (κ3) is 4.13. The van der Waals surface area contributed by atoms with E-state index in [0.29, 0.717) is 12.3 Å². The van der Waals surface area contributed by atoms with Crippen LogP contribution in [0.4, 0.5) is 0 Å². The molecule has 1 unspecified atom stereocenters. The molecule has 0 bridgehead atoms. The zero-order valence-corrected chi connectivity index (χ0v) is 14.1. The van der Waals surface area contributed by atoms with Gasteiger partial charge in [-0.2, -0.15) is 11.8 Å². The average Bonchev–Trinajstić information content (AvgIpc) is 2.72. The van der Waals surface area contributed by atoms with Crippen LogP contribution in [-0.4, -0.2) is 53.5 Å². The Morgan fingerprint density at radius 2 is 2.10 bits per heavy atom. The van der Waals surface area contributed by atoms with Crippen molar-refractivity contribution in [1.82, 2.24) is 15.5 Å². The number of carbonyl (C=O) groups excluding carboxylic acids is 2. The van der Waals surface area contributed by atoms with E-state index in [1.165, 1.54) is 0 Å². The average molecular weight is 313 g/mol. The summed E-state index contributed by atoms with van der Waals surface area (Å²) in [5.74, 6) is 1.74. The summed E-state index contributed by atoms with van der Waals surface area (Å²) in [5, 5.41) is 6.61. The lowest BCUT2D eigenvalue weighted by Crippen LogP contribution is -2.58. The molecule has 5 nitrogen and oxygen atoms in total. The second-order valence-corrected chi connectivity index (χ2v) is 7.51. The lowest BCUT2D eigenvalue weighted by atomic mass is 9.96. The molecule has 0 aliphatic carbocycles. The van der Waals surface area contributed by atoms with Gasteiger partial charge in [0.2, 0.25) is 11.8 Å². The van der Waals surface area contributed by atoms with Crippen molar-refractivity contribution >= 4 is 23.6 Å². The van der Waals surface area contributed by atoms with E-state index in [4.69, 9.17) is 0 Å². The Morgan fingerprint density at radius 3 is 2.67 bits per heavy atom. The summed E-state index contributed by atoms with van der Waals surface area (Å²) >= 11 is 1.76. The summed E-state index contributed by atoms with van der Waals surface area (Å²) < 4.78 is 0. The van der Waals surface area contributed by atoms with Gasteiger partial charge >= 0.3 is 0 Å². The lowest BCUT2D eigenvalue weighted by Gasteiger charge is -2.39. The number of rotatable bonds is 5. The van der Waals surface area contributed by atoms with E-state index in [2.05, 4.69) is 30.7 Å². The first-order valence-electron chi connectivity index (χ1n) is 7.82. The molecule has 1 atom stereocenters. The Balaban J connectivity index is 1.86. The van der Waals surface area contributed by atoms with Gasteiger partial charge in [0, 0.05) is 32.4 Å². The van der Waals surface area contributed by atoms with Crippen molar-refractivity contribution in [2.24, 2.45) is 5.92 Å². The predicted octanol–water partition coefficient (Wildman–Crippen LogP) is 1.19. The molecule has 2 N–H and O–H groups in total. The number of hydrogen-bond acceptors (Lipinski definition) is 4. The topological polar surface area (TPSA) is 61.4 Å². The molecule has 0 aromatic carbocycles. The molecular formula is C15H27N3O2S. The number of piperidine rings is 1. The highest BCUT2D eigenvalue weighted by Crippen LogP contribution is 2.26. The van der Waals surface area contributed by atoms with Gasteiger partial charge in [0.05, 0.1) is 11.7 Å². The van der Waals surface area contributed by atoms with Gasteiger partial charge in [0.15, 0.2) is 0 Å². The molecule has 21 heavy (non-hydrogen) atoms. The van der Waals surface area contributed by atoms with Crippen LogP contribution < -0.4 is 10.6 Å². The molecule has 2 fully saturated rings. The summed E-state index contributed by atoms with van der Waals surface area (Å²) in [5.41, 5.74) is -0.283. The third-order valence-corrected chi connectivity index (χ3v) is 4.94. The number of thioether (sulfide) groups is 1. The maximum absolute atomic E-state index is 12.1. The number of likely N-dealkylation sites (tertiary alicyclic amines) is 1. The van der Waals surface area contributed by atoms with E-state index in [0.717, 1.165) is 38.1 Å². The fourth-order valence-electron chi connectivity index (χ4n) is 3.08. The van der Waals surface area contributed by atoms with Crippen LogP contribution in [0.3, 0.4) is 0 Å². The Labute approximate surface area is 131 Å². The van der Waals surface area contributed by atoms with Crippen molar-refractivity contribution in [2.45, 2.75) is 51.2 Å². The van der Waals surface area contributed by atoms with Crippen molar-refractivity contribution in [1.29, 1.82) is 0 Å². The standard InChI is InChI=1S/C15H27N3O2S/c1-11(2)10-13(19)18-7-5-15(6-8-18)16-12(4-9-21-3)14(20)17-15/h11-12,16H,4-10H2,1-3H3,(H,17,20). The molecule has 2 aliphatic rings. The zero-order valence-electron chi connectivity index (χ0n) is 13.3. The van der Waals surface area contributed by atoms with Crippen molar-refractivity contribution in [3.05, 3.63) is 0 Å². The fourth-order valence-corrected chi connectivity index (χ4v) is 3.55. The van der Waals surface area contributed by atoms with Crippen LogP contribution in [0.2, 0.25) is 0 Å². The van der Waals surface area contributed by atoms with E-state index in [1.807, 2.05) is 4.90 Å². The molecule has 0 aromatic rings. The van der Waals surface area contributed by atoms with E-state index in [-0.39, 0.29) is 23.5 Å². The highest BCUT2D eigenvalue weighted by atomic mass is 32.2. The summed E-state index contributed by atoms with van der Waals surface area (Å²) in [4.78, 5) is 26.1. The molecule has 0 aromatic heterocycles. The van der Waals surface area contributed by atoms with Crippen LogP contribution in [0.15, 0.2) is 0 Å². The summed E-state index contributed by atoms with van der Waals surface area (Å²) in [6.07, 6.45) is 5.14. The van der Waals surface area contributed by atoms with Crippen molar-refractivity contribution in [3.8, 4) is 0 Å². The van der Waals surface area contributed by atoms with Crippen molar-refractivity contribution in [3.63, 3.8) is 0 Å². The maximum Gasteiger partial charge on any atom is 0.238 e. The maximum atomic E-state index is 12.1. The minimum atomic E-state index is -0.283. The zero-order chi connectivity index (χ0) is 15.5. The van der Waals surface area contributed by atoms with Crippen LogP contribution in [-0.2, 0) is 9.59 Å². The van der Waals surface area contributed by atoms with Crippen LogP contribution in [0.1, 0.15) is 39.5 Å². The minimum absolute atomic E-state index is 0.0737. The number of carbonyl (C=O) groups is 2. The van der Waals surface area contributed by atoms with Gasteiger partial charge in [-0.1, -0.05) is 13.8 Å². The quantitative estimate of drug-likeness (QED) is 0.800. The normalized spacial score (nSPS) is 24.7. The van der Waals surface area contributed by atoms with Gasteiger partial charge in [-0.15, -0.1) is 0 Å². The van der Waals surface area contributed by atoms with E-state index < -0.39 is 0 Å². The number of nitrogens with one attached hydrogen (secondary N) is 2. The van der Waals surface area contributed by atoms with Crippen molar-refractivity contribution in [2.75, 3.05) is 25.1 Å². The Bertz CT molecular complexity index is 392. The molecule has 2 amide bonds. The number of amides is 2. The fraction of sp³-hybridized carbons (Fsp3) is 0.867. The largest absolute Gasteiger partial charge is 0.342 e. The lowest BCUT2D eigenvalue weighted by molar-refractivity contribution is -0.133. The van der Waals surface area contributed by atoms with E-state index in [1.54, 1.807) is 11.8 Å². The summed E-state index contributed by atoms with van der Waals surface area (Å²) in [6, 6.07) is -0.0737. The highest BCUT2D eigenvalue weighted by Gasteiger charge is 2.45. The van der Waals surface area contributed by atoms with E-state index >= 15 is 0 Å². The SMILES string of the molecule is CSCCC1NC2(CCN(C(=O)CC(C)C)CC2)NC1=O. The Hall–Kier alpha value is -0.750. The van der Waals surface area contributed by atoms with Crippen LogP contribution in [0, 0.1) is 5.92 Å². The van der Waals surface area contributed by atoms with Gasteiger partial charge in [0.1, 0.15) is 0 Å². The first kappa shape index (κ1) is 16.6. The molecule has 0 saturated carbocycles. The van der Waals surface area contributed by atoms with Crippen LogP contribution in [0.25, 0.3) is 0 Å². The molecule has 120 valence electrons. The second-order valence-electron chi connectivity index (χ2n) is 6.53.